The first-order valence-electron chi connectivity index (χ1n) is 5.54. The first-order valence-corrected chi connectivity index (χ1v) is 7.36. The summed E-state index contributed by atoms with van der Waals surface area (Å²) in [6.45, 7) is 0.191. The average Bonchev–Trinajstić information content (AvgIpc) is 3.07. The zero-order valence-corrected chi connectivity index (χ0v) is 11.4. The molecule has 0 unspecified atom stereocenters. The number of rotatable bonds is 5. The molecular formula is C10H13ClN4O2S. The fourth-order valence-electron chi connectivity index (χ4n) is 1.70. The van der Waals surface area contributed by atoms with Crippen molar-refractivity contribution in [1.82, 2.24) is 13.9 Å². The van der Waals surface area contributed by atoms with Crippen molar-refractivity contribution in [2.75, 3.05) is 6.54 Å². The fourth-order valence-corrected chi connectivity index (χ4v) is 3.78. The molecule has 1 saturated carbocycles. The second kappa shape index (κ2) is 4.88. The Morgan fingerprint density at radius 3 is 2.78 bits per heavy atom. The van der Waals surface area contributed by atoms with E-state index in [1.165, 1.54) is 15.2 Å². The molecule has 0 aromatic carbocycles. The molecule has 1 aliphatic carbocycles. The summed E-state index contributed by atoms with van der Waals surface area (Å²) in [5, 5.41) is 8.56. The summed E-state index contributed by atoms with van der Waals surface area (Å²) in [5.41, 5.74) is 0. The van der Waals surface area contributed by atoms with E-state index in [4.69, 9.17) is 16.9 Å². The third-order valence-corrected chi connectivity index (χ3v) is 5.23. The van der Waals surface area contributed by atoms with Crippen LogP contribution in [0.25, 0.3) is 0 Å². The zero-order valence-electron chi connectivity index (χ0n) is 9.87. The van der Waals surface area contributed by atoms with Crippen LogP contribution in [0.2, 0.25) is 5.15 Å². The lowest BCUT2D eigenvalue weighted by molar-refractivity contribution is 0.409. The Kier molecular flexibility index (Phi) is 3.61. The number of hydrogen-bond donors (Lipinski definition) is 0. The number of aryl methyl sites for hydroxylation is 1. The maximum absolute atomic E-state index is 12.4. The molecule has 1 heterocycles. The molecule has 18 heavy (non-hydrogen) atoms. The van der Waals surface area contributed by atoms with Crippen molar-refractivity contribution in [3.63, 3.8) is 0 Å². The SMILES string of the molecule is Cn1cnc(S(=O)(=O)N(CCC#N)C2CC2)c1Cl. The number of sulfonamides is 1. The summed E-state index contributed by atoms with van der Waals surface area (Å²) >= 11 is 5.93. The molecule has 6 nitrogen and oxygen atoms in total. The van der Waals surface area contributed by atoms with Gasteiger partial charge in [-0.3, -0.25) is 0 Å². The van der Waals surface area contributed by atoms with Crippen molar-refractivity contribution in [3.8, 4) is 6.07 Å². The quantitative estimate of drug-likeness (QED) is 0.814. The van der Waals surface area contributed by atoms with Crippen LogP contribution in [0.5, 0.6) is 0 Å². The van der Waals surface area contributed by atoms with E-state index >= 15 is 0 Å². The molecule has 8 heteroatoms. The molecule has 0 spiro atoms. The lowest BCUT2D eigenvalue weighted by atomic mass is 10.4. The van der Waals surface area contributed by atoms with Gasteiger partial charge in [0.15, 0.2) is 0 Å². The molecule has 0 amide bonds. The van der Waals surface area contributed by atoms with Crippen LogP contribution in [0.15, 0.2) is 11.4 Å². The van der Waals surface area contributed by atoms with Gasteiger partial charge in [-0.05, 0) is 12.8 Å². The summed E-state index contributed by atoms with van der Waals surface area (Å²) < 4.78 is 27.6. The van der Waals surface area contributed by atoms with E-state index in [9.17, 15) is 8.42 Å². The molecule has 1 aliphatic rings. The van der Waals surface area contributed by atoms with E-state index in [1.54, 1.807) is 7.05 Å². The molecule has 0 atom stereocenters. The van der Waals surface area contributed by atoms with Crippen LogP contribution in [-0.2, 0) is 17.1 Å². The van der Waals surface area contributed by atoms with Crippen LogP contribution in [0.3, 0.4) is 0 Å². The molecule has 98 valence electrons. The molecule has 1 aromatic rings. The van der Waals surface area contributed by atoms with Gasteiger partial charge in [-0.2, -0.15) is 9.57 Å². The summed E-state index contributed by atoms with van der Waals surface area (Å²) in [6.07, 6.45) is 3.19. The fraction of sp³-hybridized carbons (Fsp3) is 0.600. The zero-order chi connectivity index (χ0) is 13.3. The Labute approximate surface area is 111 Å². The number of aromatic nitrogens is 2. The van der Waals surface area contributed by atoms with E-state index in [0.717, 1.165) is 12.8 Å². The highest BCUT2D eigenvalue weighted by Gasteiger charge is 2.39. The number of hydrogen-bond acceptors (Lipinski definition) is 4. The van der Waals surface area contributed by atoms with Crippen molar-refractivity contribution in [2.45, 2.75) is 30.3 Å². The lowest BCUT2D eigenvalue weighted by Gasteiger charge is -2.19. The van der Waals surface area contributed by atoms with E-state index in [2.05, 4.69) is 4.98 Å². The number of halogens is 1. The highest BCUT2D eigenvalue weighted by Crippen LogP contribution is 2.33. The molecule has 0 saturated heterocycles. The largest absolute Gasteiger partial charge is 0.324 e. The second-order valence-corrected chi connectivity index (χ2v) is 6.37. The van der Waals surface area contributed by atoms with Crippen LogP contribution in [-0.4, -0.2) is 34.9 Å². The predicted molar refractivity (Wildman–Crippen MR) is 65.4 cm³/mol. The Morgan fingerprint density at radius 2 is 2.33 bits per heavy atom. The van der Waals surface area contributed by atoms with Crippen molar-refractivity contribution in [2.24, 2.45) is 7.05 Å². The topological polar surface area (TPSA) is 79.0 Å². The van der Waals surface area contributed by atoms with Crippen LogP contribution < -0.4 is 0 Å². The highest BCUT2D eigenvalue weighted by atomic mass is 35.5. The minimum Gasteiger partial charge on any atom is -0.324 e. The van der Waals surface area contributed by atoms with Crippen LogP contribution in [0.4, 0.5) is 0 Å². The molecule has 2 rings (SSSR count). The highest BCUT2D eigenvalue weighted by molar-refractivity contribution is 7.89. The Balaban J connectivity index is 2.33. The summed E-state index contributed by atoms with van der Waals surface area (Å²) in [6, 6.07) is 1.95. The van der Waals surface area contributed by atoms with Gasteiger partial charge in [0.1, 0.15) is 5.15 Å². The van der Waals surface area contributed by atoms with Gasteiger partial charge in [-0.15, -0.1) is 0 Å². The number of imidazole rings is 1. The van der Waals surface area contributed by atoms with Crippen molar-refractivity contribution >= 4 is 21.6 Å². The molecule has 1 fully saturated rings. The van der Waals surface area contributed by atoms with Gasteiger partial charge >= 0.3 is 0 Å². The Hall–Kier alpha value is -1.10. The van der Waals surface area contributed by atoms with E-state index in [1.807, 2.05) is 6.07 Å². The van der Waals surface area contributed by atoms with E-state index in [0.29, 0.717) is 0 Å². The van der Waals surface area contributed by atoms with Gasteiger partial charge in [0, 0.05) is 26.1 Å². The smallest absolute Gasteiger partial charge is 0.263 e. The van der Waals surface area contributed by atoms with Crippen molar-refractivity contribution in [1.29, 1.82) is 5.26 Å². The molecule has 0 N–H and O–H groups in total. The first-order chi connectivity index (χ1) is 8.48. The van der Waals surface area contributed by atoms with Crippen molar-refractivity contribution in [3.05, 3.63) is 11.5 Å². The minimum absolute atomic E-state index is 0.0126. The summed E-state index contributed by atoms with van der Waals surface area (Å²) in [7, 11) is -2.07. The van der Waals surface area contributed by atoms with Gasteiger partial charge in [0.25, 0.3) is 10.0 Å². The maximum atomic E-state index is 12.4. The van der Waals surface area contributed by atoms with Gasteiger partial charge in [-0.25, -0.2) is 13.4 Å². The van der Waals surface area contributed by atoms with Crippen LogP contribution in [0, 0.1) is 11.3 Å². The first kappa shape index (κ1) is 13.3. The molecule has 0 bridgehead atoms. The summed E-state index contributed by atoms with van der Waals surface area (Å²) in [4.78, 5) is 3.84. The Morgan fingerprint density at radius 1 is 1.67 bits per heavy atom. The van der Waals surface area contributed by atoms with Gasteiger partial charge in [-0.1, -0.05) is 11.6 Å². The van der Waals surface area contributed by atoms with Gasteiger partial charge in [0.05, 0.1) is 12.4 Å². The second-order valence-electron chi connectivity index (χ2n) is 4.21. The number of nitrogens with zero attached hydrogens (tertiary/aromatic N) is 4. The lowest BCUT2D eigenvalue weighted by Crippen LogP contribution is -2.34. The van der Waals surface area contributed by atoms with Crippen LogP contribution >= 0.6 is 11.6 Å². The number of nitriles is 1. The minimum atomic E-state index is -3.70. The summed E-state index contributed by atoms with van der Waals surface area (Å²) in [5.74, 6) is 0. The average molecular weight is 289 g/mol. The maximum Gasteiger partial charge on any atom is 0.263 e. The van der Waals surface area contributed by atoms with Gasteiger partial charge in [0.2, 0.25) is 5.03 Å². The third kappa shape index (κ3) is 2.36. The van der Waals surface area contributed by atoms with Crippen LogP contribution in [0.1, 0.15) is 19.3 Å². The molecular weight excluding hydrogens is 276 g/mol. The standard InChI is InChI=1S/C10H13ClN4O2S/c1-14-7-13-10(9(14)11)18(16,17)15(6-2-5-12)8-3-4-8/h7-8H,2-4,6H2,1H3. The molecule has 0 radical (unpaired) electrons. The predicted octanol–water partition coefficient (Wildman–Crippen LogP) is 1.14. The van der Waals surface area contributed by atoms with Crippen molar-refractivity contribution < 1.29 is 8.42 Å². The Bertz CT molecular complexity index is 586. The van der Waals surface area contributed by atoms with Gasteiger partial charge < -0.3 is 4.57 Å². The van der Waals surface area contributed by atoms with E-state index < -0.39 is 10.0 Å². The normalized spacial score (nSPS) is 15.9. The molecule has 0 aliphatic heterocycles. The monoisotopic (exact) mass is 288 g/mol. The van der Waals surface area contributed by atoms with E-state index in [-0.39, 0.29) is 29.2 Å². The third-order valence-electron chi connectivity index (χ3n) is 2.79. The molecule has 1 aromatic heterocycles.